The molecule has 0 fully saturated rings. The second kappa shape index (κ2) is 5.69. The Bertz CT molecular complexity index is 490. The first kappa shape index (κ1) is 14.9. The minimum Gasteiger partial charge on any atom is -0.479 e. The van der Waals surface area contributed by atoms with Crippen molar-refractivity contribution in [3.8, 4) is 0 Å². The van der Waals surface area contributed by atoms with Crippen molar-refractivity contribution < 1.29 is 19.8 Å². The molecule has 3 N–H and O–H groups in total. The largest absolute Gasteiger partial charge is 0.479 e. The smallest absolute Gasteiger partial charge is 0.337 e. The summed E-state index contributed by atoms with van der Waals surface area (Å²) < 4.78 is 0.488. The third kappa shape index (κ3) is 3.69. The van der Waals surface area contributed by atoms with E-state index in [0.29, 0.717) is 15.1 Å². The highest BCUT2D eigenvalue weighted by atomic mass is 79.9. The summed E-state index contributed by atoms with van der Waals surface area (Å²) in [6.45, 7) is 0.711. The second-order valence-electron chi connectivity index (χ2n) is 3.89. The quantitative estimate of drug-likeness (QED) is 0.780. The molecular formula is C11H11BrClNO4. The molecule has 0 aliphatic carbocycles. The van der Waals surface area contributed by atoms with E-state index in [-0.39, 0.29) is 0 Å². The second-order valence-corrected chi connectivity index (χ2v) is 5.18. The highest BCUT2D eigenvalue weighted by Gasteiger charge is 2.30. The van der Waals surface area contributed by atoms with Gasteiger partial charge in [-0.3, -0.25) is 4.79 Å². The number of carboxylic acids is 1. The van der Waals surface area contributed by atoms with E-state index in [1.165, 1.54) is 12.1 Å². The molecule has 0 spiro atoms. The molecule has 0 saturated carbocycles. The molecule has 1 amide bonds. The van der Waals surface area contributed by atoms with Gasteiger partial charge in [-0.1, -0.05) is 11.6 Å². The lowest BCUT2D eigenvalue weighted by molar-refractivity contribution is -0.155. The Labute approximate surface area is 117 Å². The first-order valence-electron chi connectivity index (χ1n) is 4.93. The number of benzene rings is 1. The molecule has 0 saturated heterocycles. The average Bonchev–Trinajstić information content (AvgIpc) is 2.25. The average molecular weight is 337 g/mol. The van der Waals surface area contributed by atoms with Crippen LogP contribution in [0.2, 0.25) is 5.02 Å². The number of carbonyl (C=O) groups is 2. The van der Waals surface area contributed by atoms with Crippen molar-refractivity contribution in [2.45, 2.75) is 12.5 Å². The molecule has 5 nitrogen and oxygen atoms in total. The standard InChI is InChI=1S/C11H11BrClNO4/c1-11(18,10(16)17)5-14-9(15)7-3-2-6(13)4-8(7)12/h2-4,18H,5H2,1H3,(H,14,15)(H,16,17). The zero-order chi connectivity index (χ0) is 13.9. The third-order valence-corrected chi connectivity index (χ3v) is 3.12. The monoisotopic (exact) mass is 335 g/mol. The number of amides is 1. The number of hydrogen-bond acceptors (Lipinski definition) is 3. The van der Waals surface area contributed by atoms with Crippen LogP contribution in [0.25, 0.3) is 0 Å². The molecule has 0 heterocycles. The fraction of sp³-hybridized carbons (Fsp3) is 0.273. The van der Waals surface area contributed by atoms with Crippen molar-refractivity contribution in [3.63, 3.8) is 0 Å². The number of hydrogen-bond donors (Lipinski definition) is 3. The van der Waals surface area contributed by atoms with E-state index < -0.39 is 24.0 Å². The van der Waals surface area contributed by atoms with Crippen LogP contribution in [0.5, 0.6) is 0 Å². The van der Waals surface area contributed by atoms with E-state index in [4.69, 9.17) is 16.7 Å². The zero-order valence-corrected chi connectivity index (χ0v) is 11.7. The maximum atomic E-state index is 11.8. The normalized spacial score (nSPS) is 13.8. The fourth-order valence-corrected chi connectivity index (χ4v) is 1.96. The van der Waals surface area contributed by atoms with E-state index >= 15 is 0 Å². The number of nitrogens with one attached hydrogen (secondary N) is 1. The fourth-order valence-electron chi connectivity index (χ4n) is 1.10. The number of rotatable bonds is 4. The molecule has 1 unspecified atom stereocenters. The van der Waals surface area contributed by atoms with Gasteiger partial charge in [0.25, 0.3) is 5.91 Å². The molecule has 0 bridgehead atoms. The summed E-state index contributed by atoms with van der Waals surface area (Å²) in [5.74, 6) is -1.90. The molecule has 1 aromatic rings. The summed E-state index contributed by atoms with van der Waals surface area (Å²) >= 11 is 8.91. The Balaban J connectivity index is 2.75. The molecule has 0 radical (unpaired) electrons. The Kier molecular flexibility index (Phi) is 4.72. The molecule has 0 aromatic heterocycles. The topological polar surface area (TPSA) is 86.6 Å². The van der Waals surface area contributed by atoms with Gasteiger partial charge in [0.15, 0.2) is 5.60 Å². The van der Waals surface area contributed by atoms with E-state index in [0.717, 1.165) is 6.92 Å². The lowest BCUT2D eigenvalue weighted by atomic mass is 10.1. The van der Waals surface area contributed by atoms with Gasteiger partial charge in [0.1, 0.15) is 0 Å². The van der Waals surface area contributed by atoms with Gasteiger partial charge in [-0.05, 0) is 41.1 Å². The van der Waals surface area contributed by atoms with Crippen LogP contribution in [-0.2, 0) is 4.79 Å². The number of aliphatic hydroxyl groups is 1. The van der Waals surface area contributed by atoms with E-state index in [2.05, 4.69) is 21.2 Å². The van der Waals surface area contributed by atoms with E-state index in [9.17, 15) is 14.7 Å². The minimum atomic E-state index is -2.01. The summed E-state index contributed by atoms with van der Waals surface area (Å²) in [5, 5.41) is 20.9. The van der Waals surface area contributed by atoms with E-state index in [1.807, 2.05) is 0 Å². The van der Waals surface area contributed by atoms with Gasteiger partial charge in [0, 0.05) is 9.50 Å². The molecule has 18 heavy (non-hydrogen) atoms. The van der Waals surface area contributed by atoms with Gasteiger partial charge in [0.05, 0.1) is 12.1 Å². The first-order valence-corrected chi connectivity index (χ1v) is 6.10. The molecule has 1 atom stereocenters. The van der Waals surface area contributed by atoms with Gasteiger partial charge in [0.2, 0.25) is 0 Å². The van der Waals surface area contributed by atoms with Crippen molar-refractivity contribution in [3.05, 3.63) is 33.3 Å². The lowest BCUT2D eigenvalue weighted by Gasteiger charge is -2.18. The van der Waals surface area contributed by atoms with Gasteiger partial charge in [-0.15, -0.1) is 0 Å². The summed E-state index contributed by atoms with van der Waals surface area (Å²) in [4.78, 5) is 22.4. The summed E-state index contributed by atoms with van der Waals surface area (Å²) in [7, 11) is 0. The lowest BCUT2D eigenvalue weighted by Crippen LogP contribution is -2.46. The van der Waals surface area contributed by atoms with Gasteiger partial charge in [-0.2, -0.15) is 0 Å². The van der Waals surface area contributed by atoms with Crippen LogP contribution in [-0.4, -0.2) is 34.2 Å². The van der Waals surface area contributed by atoms with Crippen LogP contribution in [0.15, 0.2) is 22.7 Å². The molecular weight excluding hydrogens is 325 g/mol. The Morgan fingerprint density at radius 2 is 2.11 bits per heavy atom. The molecule has 98 valence electrons. The summed E-state index contributed by atoms with van der Waals surface area (Å²) in [6, 6.07) is 4.58. The minimum absolute atomic E-state index is 0.306. The van der Waals surface area contributed by atoms with Gasteiger partial charge >= 0.3 is 5.97 Å². The van der Waals surface area contributed by atoms with Crippen LogP contribution < -0.4 is 5.32 Å². The maximum Gasteiger partial charge on any atom is 0.337 e. The highest BCUT2D eigenvalue weighted by Crippen LogP contribution is 2.21. The maximum absolute atomic E-state index is 11.8. The van der Waals surface area contributed by atoms with Crippen LogP contribution in [0.4, 0.5) is 0 Å². The van der Waals surface area contributed by atoms with Crippen molar-refractivity contribution >= 4 is 39.4 Å². The van der Waals surface area contributed by atoms with Crippen LogP contribution in [0.1, 0.15) is 17.3 Å². The molecule has 1 aromatic carbocycles. The number of aliphatic carboxylic acids is 1. The first-order chi connectivity index (χ1) is 8.24. The van der Waals surface area contributed by atoms with Crippen molar-refractivity contribution in [2.75, 3.05) is 6.54 Å². The Morgan fingerprint density at radius 1 is 1.50 bits per heavy atom. The van der Waals surface area contributed by atoms with Crippen molar-refractivity contribution in [1.29, 1.82) is 0 Å². The van der Waals surface area contributed by atoms with Gasteiger partial charge in [-0.25, -0.2) is 4.79 Å². The van der Waals surface area contributed by atoms with Crippen molar-refractivity contribution in [2.24, 2.45) is 0 Å². The molecule has 1 rings (SSSR count). The molecule has 7 heteroatoms. The molecule has 0 aliphatic rings. The SMILES string of the molecule is CC(O)(CNC(=O)c1ccc(Cl)cc1Br)C(=O)O. The predicted molar refractivity (Wildman–Crippen MR) is 69.7 cm³/mol. The van der Waals surface area contributed by atoms with Crippen LogP contribution in [0.3, 0.4) is 0 Å². The predicted octanol–water partition coefficient (Wildman–Crippen LogP) is 1.67. The van der Waals surface area contributed by atoms with E-state index in [1.54, 1.807) is 6.07 Å². The van der Waals surface area contributed by atoms with Crippen LogP contribution in [0, 0.1) is 0 Å². The van der Waals surface area contributed by atoms with Crippen LogP contribution >= 0.6 is 27.5 Å². The Hall–Kier alpha value is -1.11. The third-order valence-electron chi connectivity index (χ3n) is 2.23. The number of carboxylic acid groups (broad SMARTS) is 1. The molecule has 0 aliphatic heterocycles. The highest BCUT2D eigenvalue weighted by molar-refractivity contribution is 9.10. The number of halogens is 2. The zero-order valence-electron chi connectivity index (χ0n) is 9.41. The number of carbonyl (C=O) groups excluding carboxylic acids is 1. The summed E-state index contributed by atoms with van der Waals surface area (Å²) in [5.41, 5.74) is -1.70. The van der Waals surface area contributed by atoms with Crippen molar-refractivity contribution in [1.82, 2.24) is 5.32 Å². The van der Waals surface area contributed by atoms with Gasteiger partial charge < -0.3 is 15.5 Å². The summed E-state index contributed by atoms with van der Waals surface area (Å²) in [6.07, 6.45) is 0. The Morgan fingerprint density at radius 3 is 2.61 bits per heavy atom.